The summed E-state index contributed by atoms with van der Waals surface area (Å²) < 4.78 is 5.16. The summed E-state index contributed by atoms with van der Waals surface area (Å²) in [5.41, 5.74) is 8.36. The smallest absolute Gasteiger partial charge is 0.408 e. The quantitative estimate of drug-likeness (QED) is 0.335. The highest BCUT2D eigenvalue weighted by molar-refractivity contribution is 6.03. The molecule has 2 aromatic carbocycles. The molecule has 4 rings (SSSR count). The molecule has 1 spiro atoms. The highest BCUT2D eigenvalue weighted by atomic mass is 16.7. The van der Waals surface area contributed by atoms with E-state index in [1.165, 1.54) is 0 Å². The van der Waals surface area contributed by atoms with Crippen molar-refractivity contribution in [2.45, 2.75) is 37.5 Å². The molecule has 0 radical (unpaired) electrons. The number of likely N-dealkylation sites (tertiary alicyclic amines) is 1. The van der Waals surface area contributed by atoms with Gasteiger partial charge in [-0.25, -0.2) is 9.59 Å². The Balaban J connectivity index is 1.25. The van der Waals surface area contributed by atoms with E-state index in [-0.39, 0.29) is 19.0 Å². The van der Waals surface area contributed by atoms with E-state index in [4.69, 9.17) is 20.7 Å². The van der Waals surface area contributed by atoms with Gasteiger partial charge in [0, 0.05) is 44.5 Å². The lowest BCUT2D eigenvalue weighted by Crippen LogP contribution is -2.52. The van der Waals surface area contributed by atoms with Crippen LogP contribution in [0.25, 0.3) is 0 Å². The zero-order chi connectivity index (χ0) is 24.8. The predicted molar refractivity (Wildman–Crippen MR) is 129 cm³/mol. The first-order valence-corrected chi connectivity index (χ1v) is 11.5. The minimum Gasteiger partial charge on any atom is -0.480 e. The van der Waals surface area contributed by atoms with Gasteiger partial charge in [0.2, 0.25) is 0 Å². The average Bonchev–Trinajstić information content (AvgIpc) is 3.28. The Morgan fingerprint density at radius 3 is 2.49 bits per heavy atom. The molecule has 5 N–H and O–H groups in total. The number of carbonyl (C=O) groups is 2. The SMILES string of the molecule is N=C(N)c1ccc(C2=NOC3(CCN(C[C@@H](NC(=O)OCc4ccccc4)C(=O)O)CC3)C2)cc1. The number of alkyl carbamates (subject to hydrolysis) is 1. The Kier molecular flexibility index (Phi) is 7.31. The van der Waals surface area contributed by atoms with Gasteiger partial charge in [0.15, 0.2) is 0 Å². The fourth-order valence-electron chi connectivity index (χ4n) is 4.28. The number of nitrogens with zero attached hydrogens (tertiary/aromatic N) is 2. The molecule has 1 amide bonds. The fraction of sp³-hybridized carbons (Fsp3) is 0.360. The largest absolute Gasteiger partial charge is 0.480 e. The Labute approximate surface area is 203 Å². The summed E-state index contributed by atoms with van der Waals surface area (Å²) in [5.74, 6) is -1.10. The second kappa shape index (κ2) is 10.6. The summed E-state index contributed by atoms with van der Waals surface area (Å²) in [7, 11) is 0. The highest BCUT2D eigenvalue weighted by Gasteiger charge is 2.42. The van der Waals surface area contributed by atoms with Crippen LogP contribution >= 0.6 is 0 Å². The van der Waals surface area contributed by atoms with E-state index < -0.39 is 23.7 Å². The van der Waals surface area contributed by atoms with E-state index in [9.17, 15) is 14.7 Å². The van der Waals surface area contributed by atoms with Gasteiger partial charge in [-0.1, -0.05) is 59.8 Å². The maximum absolute atomic E-state index is 12.1. The number of amidine groups is 1. The molecule has 0 saturated carbocycles. The second-order valence-corrected chi connectivity index (χ2v) is 8.88. The molecule has 10 heteroatoms. The van der Waals surface area contributed by atoms with Crippen molar-refractivity contribution in [3.05, 3.63) is 71.3 Å². The van der Waals surface area contributed by atoms with Crippen molar-refractivity contribution >= 4 is 23.6 Å². The number of piperidine rings is 1. The normalized spacial score (nSPS) is 17.8. The molecule has 2 aromatic rings. The minimum atomic E-state index is -1.11. The summed E-state index contributed by atoms with van der Waals surface area (Å²) in [6.07, 6.45) is 1.28. The number of nitrogen functional groups attached to an aromatic ring is 1. The monoisotopic (exact) mass is 479 g/mol. The minimum absolute atomic E-state index is 0.0172. The second-order valence-electron chi connectivity index (χ2n) is 8.88. The van der Waals surface area contributed by atoms with Crippen LogP contribution in [0, 0.1) is 5.41 Å². The number of ether oxygens (including phenoxy) is 1. The van der Waals surface area contributed by atoms with Crippen molar-refractivity contribution in [2.24, 2.45) is 10.9 Å². The van der Waals surface area contributed by atoms with Gasteiger partial charge in [-0.3, -0.25) is 5.41 Å². The molecule has 0 bridgehead atoms. The molecule has 35 heavy (non-hydrogen) atoms. The number of amides is 1. The van der Waals surface area contributed by atoms with Crippen molar-refractivity contribution < 1.29 is 24.3 Å². The van der Waals surface area contributed by atoms with Gasteiger partial charge in [0.1, 0.15) is 24.1 Å². The first-order valence-electron chi connectivity index (χ1n) is 11.5. The number of oxime groups is 1. The van der Waals surface area contributed by atoms with Crippen molar-refractivity contribution in [1.29, 1.82) is 5.41 Å². The first-order chi connectivity index (χ1) is 16.8. The van der Waals surface area contributed by atoms with Crippen LogP contribution in [-0.4, -0.2) is 64.9 Å². The van der Waals surface area contributed by atoms with Crippen LogP contribution in [0.2, 0.25) is 0 Å². The molecule has 1 fully saturated rings. The lowest BCUT2D eigenvalue weighted by atomic mass is 9.85. The van der Waals surface area contributed by atoms with E-state index >= 15 is 0 Å². The number of carboxylic acid groups (broad SMARTS) is 1. The molecule has 2 heterocycles. The fourth-order valence-corrected chi connectivity index (χ4v) is 4.28. The number of hydrogen-bond donors (Lipinski definition) is 4. The van der Waals surface area contributed by atoms with Crippen LogP contribution in [0.4, 0.5) is 4.79 Å². The molecule has 10 nitrogen and oxygen atoms in total. The summed E-state index contributed by atoms with van der Waals surface area (Å²) in [4.78, 5) is 31.7. The number of nitrogens with one attached hydrogen (secondary N) is 2. The average molecular weight is 480 g/mol. The van der Waals surface area contributed by atoms with Crippen LogP contribution in [0.1, 0.15) is 36.0 Å². The van der Waals surface area contributed by atoms with E-state index in [0.29, 0.717) is 37.9 Å². The molecule has 1 atom stereocenters. The summed E-state index contributed by atoms with van der Waals surface area (Å²) in [5, 5.41) is 23.9. The third kappa shape index (κ3) is 6.15. The van der Waals surface area contributed by atoms with Crippen molar-refractivity contribution in [3.63, 3.8) is 0 Å². The number of hydrogen-bond acceptors (Lipinski definition) is 7. The van der Waals surface area contributed by atoms with Gasteiger partial charge in [-0.15, -0.1) is 0 Å². The Morgan fingerprint density at radius 1 is 1.17 bits per heavy atom. The van der Waals surface area contributed by atoms with Crippen LogP contribution in [0.5, 0.6) is 0 Å². The lowest BCUT2D eigenvalue weighted by Gasteiger charge is -2.38. The molecule has 0 unspecified atom stereocenters. The van der Waals surface area contributed by atoms with Gasteiger partial charge in [0.25, 0.3) is 0 Å². The highest BCUT2D eigenvalue weighted by Crippen LogP contribution is 2.36. The Morgan fingerprint density at radius 2 is 1.86 bits per heavy atom. The molecule has 0 aliphatic carbocycles. The number of carboxylic acids is 1. The van der Waals surface area contributed by atoms with E-state index in [1.54, 1.807) is 12.1 Å². The molecule has 0 aromatic heterocycles. The standard InChI is InChI=1S/C25H29N5O5/c26-22(27)19-8-6-18(7-9-19)20-14-25(35-29-20)10-12-30(13-11-25)15-21(23(31)32)28-24(33)34-16-17-4-2-1-3-5-17/h1-9,21H,10-16H2,(H3,26,27)(H,28,33)(H,31,32)/t21-/m1/s1. The first kappa shape index (κ1) is 24.2. The maximum Gasteiger partial charge on any atom is 0.408 e. The van der Waals surface area contributed by atoms with Crippen molar-refractivity contribution in [2.75, 3.05) is 19.6 Å². The van der Waals surface area contributed by atoms with E-state index in [2.05, 4.69) is 10.5 Å². The predicted octanol–water partition coefficient (Wildman–Crippen LogP) is 2.31. The third-order valence-corrected chi connectivity index (χ3v) is 6.38. The molecule has 2 aliphatic rings. The Bertz CT molecular complexity index is 1090. The van der Waals surface area contributed by atoms with Crippen LogP contribution in [0.15, 0.2) is 59.8 Å². The van der Waals surface area contributed by atoms with Crippen molar-refractivity contribution in [3.8, 4) is 0 Å². The van der Waals surface area contributed by atoms with Crippen LogP contribution in [-0.2, 0) is 21.0 Å². The Hall–Kier alpha value is -3.92. The number of nitrogens with two attached hydrogens (primary N) is 1. The van der Waals surface area contributed by atoms with Crippen LogP contribution in [0.3, 0.4) is 0 Å². The molecule has 2 aliphatic heterocycles. The number of carbonyl (C=O) groups excluding carboxylic acids is 1. The van der Waals surface area contributed by atoms with Crippen molar-refractivity contribution in [1.82, 2.24) is 10.2 Å². The zero-order valence-corrected chi connectivity index (χ0v) is 19.3. The topological polar surface area (TPSA) is 150 Å². The van der Waals surface area contributed by atoms with E-state index in [0.717, 1.165) is 16.8 Å². The molecular formula is C25H29N5O5. The molecular weight excluding hydrogens is 450 g/mol. The zero-order valence-electron chi connectivity index (χ0n) is 19.3. The van der Waals surface area contributed by atoms with Gasteiger partial charge in [0.05, 0.1) is 5.71 Å². The van der Waals surface area contributed by atoms with Gasteiger partial charge in [-0.2, -0.15) is 0 Å². The third-order valence-electron chi connectivity index (χ3n) is 6.38. The van der Waals surface area contributed by atoms with Crippen LogP contribution < -0.4 is 11.1 Å². The maximum atomic E-state index is 12.1. The summed E-state index contributed by atoms with van der Waals surface area (Å²) in [6.45, 7) is 1.49. The number of benzene rings is 2. The molecule has 184 valence electrons. The number of aliphatic carboxylic acids is 1. The summed E-state index contributed by atoms with van der Waals surface area (Å²) in [6, 6.07) is 15.5. The summed E-state index contributed by atoms with van der Waals surface area (Å²) >= 11 is 0. The van der Waals surface area contributed by atoms with Gasteiger partial charge < -0.3 is 30.6 Å². The van der Waals surface area contributed by atoms with E-state index in [1.807, 2.05) is 47.4 Å². The number of rotatable bonds is 8. The van der Waals surface area contributed by atoms with Gasteiger partial charge in [-0.05, 0) is 11.1 Å². The molecule has 1 saturated heterocycles. The lowest BCUT2D eigenvalue weighted by molar-refractivity contribution is -0.140. The van der Waals surface area contributed by atoms with Gasteiger partial charge >= 0.3 is 12.1 Å².